The van der Waals surface area contributed by atoms with Gasteiger partial charge in [-0.2, -0.15) is 15.2 Å². The summed E-state index contributed by atoms with van der Waals surface area (Å²) in [5.41, 5.74) is 6.50. The predicted molar refractivity (Wildman–Crippen MR) is 120 cm³/mol. The van der Waals surface area contributed by atoms with Gasteiger partial charge < -0.3 is 5.11 Å². The summed E-state index contributed by atoms with van der Waals surface area (Å²) in [6.45, 7) is 7.71. The molecule has 2 heterocycles. The fraction of sp³-hybridized carbons (Fsp3) is 0.167. The molecule has 1 aliphatic heterocycles. The number of amides is 1. The van der Waals surface area contributed by atoms with Crippen LogP contribution in [-0.2, 0) is 4.79 Å². The molecule has 2 aromatic carbocycles. The summed E-state index contributed by atoms with van der Waals surface area (Å²) < 4.78 is 1.87. The number of hydrogen-bond acceptors (Lipinski definition) is 4. The number of aryl methyl sites for hydroxylation is 2. The average molecular weight is 414 g/mol. The number of nitrogens with zero attached hydrogens (tertiary/aromatic N) is 4. The van der Waals surface area contributed by atoms with Crippen LogP contribution in [0.15, 0.2) is 59.2 Å². The van der Waals surface area contributed by atoms with Crippen molar-refractivity contribution in [3.8, 4) is 5.69 Å². The fourth-order valence-corrected chi connectivity index (χ4v) is 3.55. The maximum atomic E-state index is 13.1. The second kappa shape index (κ2) is 7.68. The number of carbonyl (C=O) groups excluding carboxylic acids is 1. The molecule has 1 aromatic heterocycles. The van der Waals surface area contributed by atoms with Crippen molar-refractivity contribution in [2.75, 3.05) is 5.01 Å². The first-order valence-corrected chi connectivity index (χ1v) is 9.84. The van der Waals surface area contributed by atoms with Crippen molar-refractivity contribution in [1.82, 2.24) is 9.78 Å². The highest BCUT2D eigenvalue weighted by molar-refractivity contribution is 6.32. The number of benzene rings is 2. The first-order chi connectivity index (χ1) is 14.8. The largest absolute Gasteiger partial charge is 0.478 e. The molecule has 0 atom stereocenters. The van der Waals surface area contributed by atoms with Gasteiger partial charge in [0.1, 0.15) is 0 Å². The van der Waals surface area contributed by atoms with E-state index in [0.717, 1.165) is 22.6 Å². The Morgan fingerprint density at radius 2 is 1.55 bits per heavy atom. The first-order valence-electron chi connectivity index (χ1n) is 9.84. The number of carbonyl (C=O) groups is 2. The lowest BCUT2D eigenvalue weighted by Crippen LogP contribution is -2.21. The van der Waals surface area contributed by atoms with E-state index >= 15 is 0 Å². The van der Waals surface area contributed by atoms with E-state index in [1.54, 1.807) is 19.1 Å². The number of hydrazone groups is 1. The van der Waals surface area contributed by atoms with Crippen molar-refractivity contribution >= 4 is 29.4 Å². The van der Waals surface area contributed by atoms with Crippen LogP contribution >= 0.6 is 0 Å². The van der Waals surface area contributed by atoms with Crippen molar-refractivity contribution in [2.45, 2.75) is 27.7 Å². The van der Waals surface area contributed by atoms with Gasteiger partial charge in [0.2, 0.25) is 0 Å². The summed E-state index contributed by atoms with van der Waals surface area (Å²) in [6, 6.07) is 14.2. The number of anilines is 1. The predicted octanol–water partition coefficient (Wildman–Crippen LogP) is 4.30. The van der Waals surface area contributed by atoms with Gasteiger partial charge in [0.05, 0.1) is 33.9 Å². The molecule has 3 aromatic rings. The minimum absolute atomic E-state index is 0.154. The summed E-state index contributed by atoms with van der Waals surface area (Å²) >= 11 is 0. The molecule has 0 unspecified atom stereocenters. The minimum atomic E-state index is -1.02. The summed E-state index contributed by atoms with van der Waals surface area (Å²) in [5, 5.41) is 19.4. The molecule has 7 nitrogen and oxygen atoms in total. The highest BCUT2D eigenvalue weighted by atomic mass is 16.4. The normalized spacial score (nSPS) is 15.0. The molecule has 0 fully saturated rings. The number of carboxylic acids is 1. The van der Waals surface area contributed by atoms with E-state index in [4.69, 9.17) is 5.11 Å². The van der Waals surface area contributed by atoms with Gasteiger partial charge in [0, 0.05) is 11.3 Å². The third kappa shape index (κ3) is 3.66. The van der Waals surface area contributed by atoms with Crippen LogP contribution in [-0.4, -0.2) is 32.5 Å². The van der Waals surface area contributed by atoms with Gasteiger partial charge in [-0.05, 0) is 70.2 Å². The van der Waals surface area contributed by atoms with E-state index in [-0.39, 0.29) is 11.5 Å². The van der Waals surface area contributed by atoms with Crippen molar-refractivity contribution in [1.29, 1.82) is 0 Å². The molecule has 0 spiro atoms. The van der Waals surface area contributed by atoms with Gasteiger partial charge >= 0.3 is 5.97 Å². The van der Waals surface area contributed by atoms with Gasteiger partial charge in [-0.1, -0.05) is 17.7 Å². The minimum Gasteiger partial charge on any atom is -0.478 e. The second-order valence-corrected chi connectivity index (χ2v) is 7.54. The molecule has 0 radical (unpaired) electrons. The first kappa shape index (κ1) is 20.3. The van der Waals surface area contributed by atoms with E-state index in [1.807, 2.05) is 55.8 Å². The lowest BCUT2D eigenvalue weighted by atomic mass is 10.1. The maximum Gasteiger partial charge on any atom is 0.335 e. The van der Waals surface area contributed by atoms with Crippen molar-refractivity contribution in [2.24, 2.45) is 5.10 Å². The van der Waals surface area contributed by atoms with Crippen LogP contribution in [0.5, 0.6) is 0 Å². The zero-order valence-corrected chi connectivity index (χ0v) is 17.7. The lowest BCUT2D eigenvalue weighted by molar-refractivity contribution is -0.114. The van der Waals surface area contributed by atoms with Gasteiger partial charge in [-0.25, -0.2) is 9.48 Å². The summed E-state index contributed by atoms with van der Waals surface area (Å²) in [7, 11) is 0. The molecule has 7 heteroatoms. The monoisotopic (exact) mass is 414 g/mol. The van der Waals surface area contributed by atoms with Gasteiger partial charge in [-0.3, -0.25) is 4.79 Å². The van der Waals surface area contributed by atoms with Crippen LogP contribution < -0.4 is 5.01 Å². The third-order valence-corrected chi connectivity index (χ3v) is 5.34. The summed E-state index contributed by atoms with van der Waals surface area (Å²) in [6.07, 6.45) is 1.83. The number of aromatic carboxylic acids is 1. The van der Waals surface area contributed by atoms with E-state index in [1.165, 1.54) is 22.7 Å². The third-order valence-electron chi connectivity index (χ3n) is 5.34. The zero-order valence-electron chi connectivity index (χ0n) is 17.7. The Morgan fingerprint density at radius 1 is 0.935 bits per heavy atom. The molecule has 0 bridgehead atoms. The molecule has 1 N–H and O–H groups in total. The molecule has 1 amide bonds. The zero-order chi connectivity index (χ0) is 22.3. The molecule has 31 heavy (non-hydrogen) atoms. The SMILES string of the molecule is CC1=NN(c2ccc(C(=O)O)cc2)C(=O)C1=Cc1c(C)nn(-c2ccc(C)cc2)c1C. The molecule has 0 saturated heterocycles. The van der Waals surface area contributed by atoms with Gasteiger partial charge in [0.15, 0.2) is 0 Å². The van der Waals surface area contributed by atoms with Gasteiger partial charge in [-0.15, -0.1) is 0 Å². The van der Waals surface area contributed by atoms with Crippen molar-refractivity contribution in [3.63, 3.8) is 0 Å². The number of carboxylic acid groups (broad SMARTS) is 1. The lowest BCUT2D eigenvalue weighted by Gasteiger charge is -2.11. The van der Waals surface area contributed by atoms with Crippen molar-refractivity contribution in [3.05, 3.63) is 82.2 Å². The molecule has 156 valence electrons. The molecule has 0 aliphatic carbocycles. The fourth-order valence-electron chi connectivity index (χ4n) is 3.55. The van der Waals surface area contributed by atoms with E-state index < -0.39 is 5.97 Å². The van der Waals surface area contributed by atoms with Gasteiger partial charge in [0.25, 0.3) is 5.91 Å². The Balaban J connectivity index is 1.68. The maximum absolute atomic E-state index is 13.1. The second-order valence-electron chi connectivity index (χ2n) is 7.54. The number of aromatic nitrogens is 2. The number of hydrogen-bond donors (Lipinski definition) is 1. The molecular formula is C24H22N4O3. The highest BCUT2D eigenvalue weighted by Gasteiger charge is 2.29. The van der Waals surface area contributed by atoms with E-state index in [9.17, 15) is 9.59 Å². The van der Waals surface area contributed by atoms with Crippen LogP contribution in [0, 0.1) is 20.8 Å². The Hall–Kier alpha value is -4.00. The number of rotatable bonds is 4. The highest BCUT2D eigenvalue weighted by Crippen LogP contribution is 2.27. The smallest absolute Gasteiger partial charge is 0.335 e. The van der Waals surface area contributed by atoms with E-state index in [2.05, 4.69) is 10.2 Å². The average Bonchev–Trinajstić information content (AvgIpc) is 3.19. The van der Waals surface area contributed by atoms with Crippen LogP contribution in [0.2, 0.25) is 0 Å². The van der Waals surface area contributed by atoms with E-state index in [0.29, 0.717) is 17.0 Å². The van der Waals surface area contributed by atoms with Crippen LogP contribution in [0.4, 0.5) is 5.69 Å². The van der Waals surface area contributed by atoms with Crippen LogP contribution in [0.1, 0.15) is 39.8 Å². The molecule has 4 rings (SSSR count). The molecule has 1 aliphatic rings. The summed E-state index contributed by atoms with van der Waals surface area (Å²) in [4.78, 5) is 24.1. The Morgan fingerprint density at radius 3 is 2.16 bits per heavy atom. The Bertz CT molecular complexity index is 1250. The summed E-state index contributed by atoms with van der Waals surface area (Å²) in [5.74, 6) is -1.28. The standard InChI is InChI=1S/C24H22N4O3/c1-14-5-9-19(10-6-14)27-17(4)21(15(2)25-27)13-22-16(3)26-28(23(22)29)20-11-7-18(8-12-20)24(30)31/h5-13H,1-4H3,(H,30,31). The Kier molecular flexibility index (Phi) is 5.02. The Labute approximate surface area is 179 Å². The molecular weight excluding hydrogens is 392 g/mol. The van der Waals surface area contributed by atoms with Crippen molar-refractivity contribution < 1.29 is 14.7 Å². The topological polar surface area (TPSA) is 87.8 Å². The van der Waals surface area contributed by atoms with Crippen LogP contribution in [0.3, 0.4) is 0 Å². The molecule has 0 saturated carbocycles. The quantitative estimate of drug-likeness (QED) is 0.645. The van der Waals surface area contributed by atoms with Crippen LogP contribution in [0.25, 0.3) is 11.8 Å².